The molecular weight excluding hydrogens is 308 g/mol. The number of rotatable bonds is 2. The molecule has 0 N–H and O–H groups in total. The monoisotopic (exact) mass is 315 g/mol. The number of ether oxygens (including phenoxy) is 1. The Balaban J connectivity index is 2.31. The van der Waals surface area contributed by atoms with Crippen molar-refractivity contribution in [3.8, 4) is 11.6 Å². The highest BCUT2D eigenvalue weighted by atomic mass is 79.9. The number of hydrogen-bond donors (Lipinski definition) is 0. The first kappa shape index (κ1) is 12.3. The van der Waals surface area contributed by atoms with E-state index in [-0.39, 0.29) is 10.8 Å². The van der Waals surface area contributed by atoms with Gasteiger partial charge >= 0.3 is 0 Å². The highest BCUT2D eigenvalue weighted by molar-refractivity contribution is 9.10. The van der Waals surface area contributed by atoms with Gasteiger partial charge in [0, 0.05) is 10.5 Å². The van der Waals surface area contributed by atoms with E-state index in [0.29, 0.717) is 5.88 Å². The zero-order chi connectivity index (χ0) is 12.4. The summed E-state index contributed by atoms with van der Waals surface area (Å²) in [5.41, 5.74) is 0.768. The Labute approximate surface area is 112 Å². The van der Waals surface area contributed by atoms with E-state index in [2.05, 4.69) is 20.9 Å². The third kappa shape index (κ3) is 2.76. The summed E-state index contributed by atoms with van der Waals surface area (Å²) < 4.78 is 19.8. The molecule has 0 aliphatic heterocycles. The van der Waals surface area contributed by atoms with Crippen LogP contribution in [0, 0.1) is 12.7 Å². The molecule has 1 aromatic carbocycles. The van der Waals surface area contributed by atoms with E-state index in [4.69, 9.17) is 16.3 Å². The lowest BCUT2D eigenvalue weighted by atomic mass is 10.3. The molecule has 2 aromatic rings. The largest absolute Gasteiger partial charge is 0.436 e. The highest BCUT2D eigenvalue weighted by Crippen LogP contribution is 2.28. The predicted octanol–water partition coefficient (Wildman–Crippen LogP) is 4.74. The zero-order valence-corrected chi connectivity index (χ0v) is 11.2. The summed E-state index contributed by atoms with van der Waals surface area (Å²) >= 11 is 8.98. The number of hydrogen-bond acceptors (Lipinski definition) is 2. The van der Waals surface area contributed by atoms with Crippen molar-refractivity contribution >= 4 is 27.5 Å². The van der Waals surface area contributed by atoms with Gasteiger partial charge in [0.2, 0.25) is 5.88 Å². The van der Waals surface area contributed by atoms with Gasteiger partial charge in [-0.25, -0.2) is 9.37 Å². The number of benzene rings is 1. The van der Waals surface area contributed by atoms with Gasteiger partial charge in [-0.15, -0.1) is 0 Å². The normalized spacial score (nSPS) is 10.4. The smallest absolute Gasteiger partial charge is 0.219 e. The van der Waals surface area contributed by atoms with Crippen LogP contribution >= 0.6 is 27.5 Å². The molecule has 0 saturated heterocycles. The van der Waals surface area contributed by atoms with E-state index in [1.165, 1.54) is 12.1 Å². The van der Waals surface area contributed by atoms with Gasteiger partial charge in [0.15, 0.2) is 11.6 Å². The van der Waals surface area contributed by atoms with E-state index in [1.807, 2.05) is 6.92 Å². The molecular formula is C12H8BrClFNO. The van der Waals surface area contributed by atoms with Crippen LogP contribution in [0.2, 0.25) is 5.02 Å². The van der Waals surface area contributed by atoms with Crippen LogP contribution in [0.15, 0.2) is 34.8 Å². The standard InChI is InChI=1S/C12H8BrClFNO/c1-7-8(13)5-6-11(16-7)17-10-4-2-3-9(14)12(10)15/h2-6H,1H3. The van der Waals surface area contributed by atoms with Crippen LogP contribution in [0.4, 0.5) is 4.39 Å². The minimum Gasteiger partial charge on any atom is -0.436 e. The fourth-order valence-electron chi connectivity index (χ4n) is 1.25. The second-order valence-corrected chi connectivity index (χ2v) is 4.63. The summed E-state index contributed by atoms with van der Waals surface area (Å²) in [6, 6.07) is 8.02. The molecule has 0 aliphatic carbocycles. The average Bonchev–Trinajstić information content (AvgIpc) is 2.30. The van der Waals surface area contributed by atoms with Crippen molar-refractivity contribution in [3.63, 3.8) is 0 Å². The highest BCUT2D eigenvalue weighted by Gasteiger charge is 2.09. The Morgan fingerprint density at radius 1 is 1.29 bits per heavy atom. The van der Waals surface area contributed by atoms with Crippen LogP contribution in [-0.2, 0) is 0 Å². The first-order chi connectivity index (χ1) is 8.08. The Hall–Kier alpha value is -1.13. The van der Waals surface area contributed by atoms with E-state index in [9.17, 15) is 4.39 Å². The first-order valence-corrected chi connectivity index (χ1v) is 6.00. The van der Waals surface area contributed by atoms with Gasteiger partial charge in [-0.05, 0) is 41.1 Å². The number of aryl methyl sites for hydroxylation is 1. The lowest BCUT2D eigenvalue weighted by molar-refractivity contribution is 0.426. The molecule has 0 saturated carbocycles. The van der Waals surface area contributed by atoms with Crippen LogP contribution in [0.25, 0.3) is 0 Å². The summed E-state index contributed by atoms with van der Waals surface area (Å²) in [5, 5.41) is 0.0244. The third-order valence-electron chi connectivity index (χ3n) is 2.13. The molecule has 0 bridgehead atoms. The van der Waals surface area contributed by atoms with Crippen molar-refractivity contribution in [2.75, 3.05) is 0 Å². The predicted molar refractivity (Wildman–Crippen MR) is 68.2 cm³/mol. The fraction of sp³-hybridized carbons (Fsp3) is 0.0833. The molecule has 0 unspecified atom stereocenters. The molecule has 0 aliphatic rings. The molecule has 88 valence electrons. The molecule has 5 heteroatoms. The molecule has 0 radical (unpaired) electrons. The van der Waals surface area contributed by atoms with Crippen LogP contribution in [0.3, 0.4) is 0 Å². The summed E-state index contributed by atoms with van der Waals surface area (Å²) in [5.74, 6) is -0.199. The maximum absolute atomic E-state index is 13.6. The average molecular weight is 317 g/mol. The van der Waals surface area contributed by atoms with Gasteiger partial charge in [0.1, 0.15) is 0 Å². The van der Waals surface area contributed by atoms with E-state index >= 15 is 0 Å². The summed E-state index contributed by atoms with van der Waals surface area (Å²) in [6.07, 6.45) is 0. The van der Waals surface area contributed by atoms with E-state index < -0.39 is 5.82 Å². The lowest BCUT2D eigenvalue weighted by Gasteiger charge is -2.07. The summed E-state index contributed by atoms with van der Waals surface area (Å²) in [4.78, 5) is 4.16. The quantitative estimate of drug-likeness (QED) is 0.798. The van der Waals surface area contributed by atoms with Crippen molar-refractivity contribution in [3.05, 3.63) is 51.3 Å². The molecule has 2 rings (SSSR count). The Morgan fingerprint density at radius 3 is 2.76 bits per heavy atom. The van der Waals surface area contributed by atoms with Crippen molar-refractivity contribution in [2.24, 2.45) is 0 Å². The number of halogens is 3. The van der Waals surface area contributed by atoms with Gasteiger partial charge in [0.25, 0.3) is 0 Å². The molecule has 1 heterocycles. The Kier molecular flexibility index (Phi) is 3.64. The van der Waals surface area contributed by atoms with Gasteiger partial charge in [-0.3, -0.25) is 0 Å². The maximum Gasteiger partial charge on any atom is 0.219 e. The van der Waals surface area contributed by atoms with Crippen LogP contribution in [0.1, 0.15) is 5.69 Å². The van der Waals surface area contributed by atoms with E-state index in [1.54, 1.807) is 18.2 Å². The molecule has 0 atom stereocenters. The van der Waals surface area contributed by atoms with Crippen molar-refractivity contribution in [1.82, 2.24) is 4.98 Å². The Morgan fingerprint density at radius 2 is 2.06 bits per heavy atom. The number of aromatic nitrogens is 1. The molecule has 17 heavy (non-hydrogen) atoms. The molecule has 1 aromatic heterocycles. The van der Waals surface area contributed by atoms with Gasteiger partial charge in [-0.1, -0.05) is 17.7 Å². The number of nitrogens with zero attached hydrogens (tertiary/aromatic N) is 1. The second kappa shape index (κ2) is 5.02. The lowest BCUT2D eigenvalue weighted by Crippen LogP contribution is -1.93. The minimum atomic E-state index is -0.587. The van der Waals surface area contributed by atoms with Crippen molar-refractivity contribution in [1.29, 1.82) is 0 Å². The SMILES string of the molecule is Cc1nc(Oc2cccc(Cl)c2F)ccc1Br. The zero-order valence-electron chi connectivity index (χ0n) is 8.88. The van der Waals surface area contributed by atoms with Gasteiger partial charge < -0.3 is 4.74 Å². The molecule has 0 fully saturated rings. The first-order valence-electron chi connectivity index (χ1n) is 4.83. The van der Waals surface area contributed by atoms with Crippen LogP contribution in [-0.4, -0.2) is 4.98 Å². The third-order valence-corrected chi connectivity index (χ3v) is 3.26. The van der Waals surface area contributed by atoms with Crippen molar-refractivity contribution < 1.29 is 9.13 Å². The van der Waals surface area contributed by atoms with E-state index in [0.717, 1.165) is 10.2 Å². The molecule has 0 amide bonds. The molecule has 0 spiro atoms. The Bertz CT molecular complexity index is 562. The summed E-state index contributed by atoms with van der Waals surface area (Å²) in [6.45, 7) is 1.82. The van der Waals surface area contributed by atoms with Crippen LogP contribution < -0.4 is 4.74 Å². The molecule has 2 nitrogen and oxygen atoms in total. The fourth-order valence-corrected chi connectivity index (χ4v) is 1.64. The summed E-state index contributed by atoms with van der Waals surface area (Å²) in [7, 11) is 0. The van der Waals surface area contributed by atoms with Gasteiger partial charge in [0.05, 0.1) is 10.7 Å². The minimum absolute atomic E-state index is 0.0244. The second-order valence-electron chi connectivity index (χ2n) is 3.37. The topological polar surface area (TPSA) is 22.1 Å². The van der Waals surface area contributed by atoms with Crippen molar-refractivity contribution in [2.45, 2.75) is 6.92 Å². The number of pyridine rings is 1. The van der Waals surface area contributed by atoms with Crippen LogP contribution in [0.5, 0.6) is 11.6 Å². The maximum atomic E-state index is 13.6. The van der Waals surface area contributed by atoms with Gasteiger partial charge in [-0.2, -0.15) is 0 Å².